The molecule has 2 aliphatic heterocycles. The first-order chi connectivity index (χ1) is 34.5. The molecule has 1 unspecified atom stereocenters. The maximum Gasteiger partial charge on any atom is 0.264 e. The van der Waals surface area contributed by atoms with E-state index in [2.05, 4.69) is 29.7 Å². The lowest BCUT2D eigenvalue weighted by Crippen LogP contribution is -2.54. The molecule has 1 atom stereocenters. The number of rotatable bonds is 46. The van der Waals surface area contributed by atoms with E-state index in [1.54, 1.807) is 18.2 Å². The number of carbonyl (C=O) groups is 4. The number of fused-ring (bicyclic) bond motifs is 1. The van der Waals surface area contributed by atoms with Crippen LogP contribution in [0.1, 0.15) is 84.6 Å². The number of aryl methyl sites for hydroxylation is 1. The Kier molecular flexibility index (Phi) is 32.2. The monoisotopic (exact) mass is 990 g/mol. The van der Waals surface area contributed by atoms with Crippen molar-refractivity contribution in [1.82, 2.24) is 10.2 Å². The van der Waals surface area contributed by atoms with Gasteiger partial charge in [0.25, 0.3) is 11.8 Å². The number of hydrogen-bond acceptors (Lipinski definition) is 17. The maximum absolute atomic E-state index is 13.2. The molecule has 0 radical (unpaired) electrons. The van der Waals surface area contributed by atoms with Crippen molar-refractivity contribution in [1.29, 1.82) is 0 Å². The predicted molar refractivity (Wildman–Crippen MR) is 260 cm³/mol. The standard InChI is InChI=1S/C51H79N3O16/c1-2-3-4-5-6-7-9-42-12-14-43(15-13-42)70-41-40-69-39-38-68-37-36-67-35-34-66-33-32-65-31-30-64-29-28-63-27-26-62-25-24-61-23-22-60-21-20-59-19-18-52-45-11-8-10-44-48(45)51(58)54(50(44)57)46-16-17-47(55)53-49(46)56/h8,10-15,46,52H,2-7,9,16-41H2,1H3,(H,53,55,56). The summed E-state index contributed by atoms with van der Waals surface area (Å²) in [7, 11) is 0. The van der Waals surface area contributed by atoms with Crippen molar-refractivity contribution in [3.63, 3.8) is 0 Å². The first-order valence-electron chi connectivity index (χ1n) is 25.1. The van der Waals surface area contributed by atoms with Gasteiger partial charge in [0.1, 0.15) is 18.4 Å². The average Bonchev–Trinajstić information content (AvgIpc) is 3.62. The molecule has 0 bridgehead atoms. The number of benzene rings is 2. The Balaban J connectivity index is 0.786. The molecular formula is C51H79N3O16. The van der Waals surface area contributed by atoms with Crippen LogP contribution in [0.15, 0.2) is 42.5 Å². The maximum atomic E-state index is 13.2. The summed E-state index contributed by atoms with van der Waals surface area (Å²) in [6.07, 6.45) is 9.19. The summed E-state index contributed by atoms with van der Waals surface area (Å²) >= 11 is 0. The molecule has 2 heterocycles. The van der Waals surface area contributed by atoms with E-state index in [-0.39, 0.29) is 24.0 Å². The van der Waals surface area contributed by atoms with Crippen molar-refractivity contribution in [2.45, 2.75) is 70.8 Å². The second kappa shape index (κ2) is 38.5. The molecule has 2 aromatic carbocycles. The number of unbranched alkanes of at least 4 members (excludes halogenated alkanes) is 5. The molecule has 0 aliphatic carbocycles. The van der Waals surface area contributed by atoms with Crippen molar-refractivity contribution < 1.29 is 76.0 Å². The van der Waals surface area contributed by atoms with Crippen LogP contribution >= 0.6 is 0 Å². The summed E-state index contributed by atoms with van der Waals surface area (Å²) in [5.74, 6) is -1.30. The van der Waals surface area contributed by atoms with Crippen molar-refractivity contribution >= 4 is 29.3 Å². The second-order valence-electron chi connectivity index (χ2n) is 16.3. The number of ether oxygens (including phenoxy) is 12. The van der Waals surface area contributed by atoms with Gasteiger partial charge in [-0.2, -0.15) is 0 Å². The highest BCUT2D eigenvalue weighted by molar-refractivity contribution is 6.25. The van der Waals surface area contributed by atoms with Crippen LogP contribution in [0.3, 0.4) is 0 Å². The summed E-state index contributed by atoms with van der Waals surface area (Å²) in [5.41, 5.74) is 2.27. The molecule has 19 nitrogen and oxygen atoms in total. The van der Waals surface area contributed by atoms with Crippen LogP contribution in [0.25, 0.3) is 0 Å². The van der Waals surface area contributed by atoms with Gasteiger partial charge in [0.2, 0.25) is 11.8 Å². The molecule has 0 saturated carbocycles. The van der Waals surface area contributed by atoms with Crippen LogP contribution < -0.4 is 15.4 Å². The highest BCUT2D eigenvalue weighted by atomic mass is 16.6. The molecule has 394 valence electrons. The Morgan fingerprint density at radius 2 is 0.957 bits per heavy atom. The molecule has 4 rings (SSSR count). The zero-order valence-electron chi connectivity index (χ0n) is 41.4. The summed E-state index contributed by atoms with van der Waals surface area (Å²) < 4.78 is 66.8. The zero-order chi connectivity index (χ0) is 49.5. The van der Waals surface area contributed by atoms with Gasteiger partial charge in [0.05, 0.1) is 156 Å². The van der Waals surface area contributed by atoms with Gasteiger partial charge in [-0.1, -0.05) is 57.2 Å². The van der Waals surface area contributed by atoms with Crippen LogP contribution in [0.5, 0.6) is 5.75 Å². The first kappa shape index (κ1) is 58.5. The second-order valence-corrected chi connectivity index (χ2v) is 16.3. The van der Waals surface area contributed by atoms with E-state index in [9.17, 15) is 19.2 Å². The molecule has 0 spiro atoms. The molecule has 1 saturated heterocycles. The number of hydrogen-bond donors (Lipinski definition) is 2. The highest BCUT2D eigenvalue weighted by Gasteiger charge is 2.45. The Labute approximate surface area is 414 Å². The van der Waals surface area contributed by atoms with E-state index in [4.69, 9.17) is 56.8 Å². The number of nitrogens with one attached hydrogen (secondary N) is 2. The van der Waals surface area contributed by atoms with Crippen LogP contribution in [0.2, 0.25) is 0 Å². The third kappa shape index (κ3) is 24.8. The Hall–Kier alpha value is -4.12. The van der Waals surface area contributed by atoms with Gasteiger partial charge >= 0.3 is 0 Å². The predicted octanol–water partition coefficient (Wildman–Crippen LogP) is 4.66. The first-order valence-corrected chi connectivity index (χ1v) is 25.1. The normalized spacial score (nSPS) is 14.7. The largest absolute Gasteiger partial charge is 0.491 e. The Morgan fingerprint density at radius 1 is 0.514 bits per heavy atom. The van der Waals surface area contributed by atoms with E-state index in [1.807, 2.05) is 12.1 Å². The molecule has 2 aliphatic rings. The molecule has 2 aromatic rings. The number of amides is 4. The topological polar surface area (TPSA) is 206 Å². The molecule has 19 heteroatoms. The van der Waals surface area contributed by atoms with Crippen LogP contribution in [-0.2, 0) is 68.1 Å². The van der Waals surface area contributed by atoms with Gasteiger partial charge in [-0.15, -0.1) is 0 Å². The third-order valence-electron chi connectivity index (χ3n) is 11.0. The van der Waals surface area contributed by atoms with Crippen molar-refractivity contribution in [2.24, 2.45) is 0 Å². The highest BCUT2D eigenvalue weighted by Crippen LogP contribution is 2.32. The minimum Gasteiger partial charge on any atom is -0.491 e. The fourth-order valence-corrected chi connectivity index (χ4v) is 7.30. The van der Waals surface area contributed by atoms with E-state index in [1.165, 1.54) is 44.1 Å². The van der Waals surface area contributed by atoms with E-state index >= 15 is 0 Å². The molecular weight excluding hydrogens is 911 g/mol. The number of piperidine rings is 1. The Morgan fingerprint density at radius 3 is 1.43 bits per heavy atom. The smallest absolute Gasteiger partial charge is 0.264 e. The lowest BCUT2D eigenvalue weighted by Gasteiger charge is -2.27. The van der Waals surface area contributed by atoms with E-state index < -0.39 is 29.7 Å². The molecule has 4 amide bonds. The van der Waals surface area contributed by atoms with Crippen LogP contribution in [0, 0.1) is 0 Å². The number of anilines is 1. The Bertz CT molecular complexity index is 1720. The fraction of sp³-hybridized carbons (Fsp3) is 0.686. The third-order valence-corrected chi connectivity index (χ3v) is 11.0. The average molecular weight is 990 g/mol. The lowest BCUT2D eigenvalue weighted by molar-refractivity contribution is -0.136. The van der Waals surface area contributed by atoms with Crippen LogP contribution in [-0.4, -0.2) is 193 Å². The van der Waals surface area contributed by atoms with E-state index in [0.29, 0.717) is 164 Å². The van der Waals surface area contributed by atoms with E-state index in [0.717, 1.165) is 17.1 Å². The van der Waals surface area contributed by atoms with Gasteiger partial charge in [-0.05, 0) is 49.1 Å². The summed E-state index contributed by atoms with van der Waals surface area (Å²) in [6.45, 7) is 13.3. The minimum absolute atomic E-state index is 0.0638. The zero-order valence-corrected chi connectivity index (χ0v) is 41.4. The van der Waals surface area contributed by atoms with Crippen molar-refractivity contribution in [3.05, 3.63) is 59.2 Å². The minimum atomic E-state index is -1.01. The summed E-state index contributed by atoms with van der Waals surface area (Å²) in [6, 6.07) is 12.3. The fourth-order valence-electron chi connectivity index (χ4n) is 7.30. The van der Waals surface area contributed by atoms with Crippen molar-refractivity contribution in [2.75, 3.05) is 164 Å². The van der Waals surface area contributed by atoms with Gasteiger partial charge in [0, 0.05) is 18.7 Å². The number of nitrogens with zero attached hydrogens (tertiary/aromatic N) is 1. The van der Waals surface area contributed by atoms with Crippen molar-refractivity contribution in [3.8, 4) is 5.75 Å². The quantitative estimate of drug-likeness (QED) is 0.0683. The molecule has 1 fully saturated rings. The number of carbonyl (C=O) groups excluding carboxylic acids is 4. The molecule has 2 N–H and O–H groups in total. The SMILES string of the molecule is CCCCCCCCc1ccc(OCCOCCOCCOCCOCCOCCOCCOCCOCCOCCOCCOCCNc2cccc3c2C(=O)N(C2CCC(=O)NC2=O)C3=O)cc1. The number of imide groups is 2. The van der Waals surface area contributed by atoms with Gasteiger partial charge in [0.15, 0.2) is 0 Å². The van der Waals surface area contributed by atoms with Crippen LogP contribution in [0.4, 0.5) is 5.69 Å². The summed E-state index contributed by atoms with van der Waals surface area (Å²) in [5, 5.41) is 5.34. The summed E-state index contributed by atoms with van der Waals surface area (Å²) in [4.78, 5) is 51.0. The van der Waals surface area contributed by atoms with Gasteiger partial charge < -0.3 is 62.2 Å². The molecule has 0 aromatic heterocycles. The molecule has 70 heavy (non-hydrogen) atoms. The lowest BCUT2D eigenvalue weighted by atomic mass is 10.0. The van der Waals surface area contributed by atoms with Gasteiger partial charge in [-0.3, -0.25) is 29.4 Å². The van der Waals surface area contributed by atoms with Gasteiger partial charge in [-0.25, -0.2) is 0 Å².